The lowest BCUT2D eigenvalue weighted by atomic mass is 10.2. The van der Waals surface area contributed by atoms with Gasteiger partial charge in [0.1, 0.15) is 6.33 Å². The molecule has 0 spiro atoms. The van der Waals surface area contributed by atoms with E-state index in [1.54, 1.807) is 7.11 Å². The van der Waals surface area contributed by atoms with E-state index in [1.807, 2.05) is 0 Å². The summed E-state index contributed by atoms with van der Waals surface area (Å²) in [5.41, 5.74) is 5.66. The van der Waals surface area contributed by atoms with E-state index in [9.17, 15) is 0 Å². The van der Waals surface area contributed by atoms with Crippen molar-refractivity contribution < 1.29 is 9.47 Å². The normalized spacial score (nSPS) is 20.2. The summed E-state index contributed by atoms with van der Waals surface area (Å²) in [5, 5.41) is 3.22. The van der Waals surface area contributed by atoms with Crippen LogP contribution >= 0.6 is 0 Å². The molecule has 2 rings (SSSR count). The lowest BCUT2D eigenvalue weighted by molar-refractivity contribution is 0.195. The van der Waals surface area contributed by atoms with Gasteiger partial charge in [-0.3, -0.25) is 0 Å². The maximum absolute atomic E-state index is 5.66. The van der Waals surface area contributed by atoms with Crippen LogP contribution in [-0.2, 0) is 4.74 Å². The maximum Gasteiger partial charge on any atom is 0.203 e. The van der Waals surface area contributed by atoms with E-state index in [1.165, 1.54) is 6.33 Å². The number of methoxy groups -OCH3 is 1. The van der Waals surface area contributed by atoms with Crippen molar-refractivity contribution in [3.05, 3.63) is 6.33 Å². The monoisotopic (exact) mass is 210 g/mol. The molecule has 15 heavy (non-hydrogen) atoms. The van der Waals surface area contributed by atoms with Crippen LogP contribution in [0, 0.1) is 0 Å². The van der Waals surface area contributed by atoms with Crippen LogP contribution < -0.4 is 15.8 Å². The molecule has 0 saturated carbocycles. The van der Waals surface area contributed by atoms with Gasteiger partial charge in [-0.15, -0.1) is 0 Å². The zero-order chi connectivity index (χ0) is 10.7. The van der Waals surface area contributed by atoms with Crippen LogP contribution in [0.3, 0.4) is 0 Å². The van der Waals surface area contributed by atoms with Gasteiger partial charge in [-0.1, -0.05) is 0 Å². The van der Waals surface area contributed by atoms with Gasteiger partial charge in [0.2, 0.25) is 5.75 Å². The van der Waals surface area contributed by atoms with Crippen LogP contribution in [0.4, 0.5) is 11.6 Å². The summed E-state index contributed by atoms with van der Waals surface area (Å²) in [4.78, 5) is 7.95. The molecule has 1 atom stereocenters. The van der Waals surface area contributed by atoms with E-state index in [0.29, 0.717) is 24.0 Å². The third-order valence-corrected chi connectivity index (χ3v) is 2.31. The molecule has 1 aliphatic rings. The number of ether oxygens (including phenoxy) is 2. The first kappa shape index (κ1) is 9.97. The Hall–Kier alpha value is -1.56. The van der Waals surface area contributed by atoms with Crippen molar-refractivity contribution in [2.75, 3.05) is 31.4 Å². The van der Waals surface area contributed by atoms with Gasteiger partial charge >= 0.3 is 0 Å². The summed E-state index contributed by atoms with van der Waals surface area (Å²) in [6.07, 6.45) is 2.38. The van der Waals surface area contributed by atoms with E-state index < -0.39 is 0 Å². The molecule has 1 saturated heterocycles. The Morgan fingerprint density at radius 3 is 3.13 bits per heavy atom. The molecule has 1 aromatic rings. The van der Waals surface area contributed by atoms with Crippen LogP contribution in [0.15, 0.2) is 6.33 Å². The highest BCUT2D eigenvalue weighted by Gasteiger charge is 2.18. The number of nitrogens with two attached hydrogens (primary N) is 1. The third kappa shape index (κ3) is 2.10. The maximum atomic E-state index is 5.66. The molecular formula is C9H14N4O2. The van der Waals surface area contributed by atoms with Crippen molar-refractivity contribution in [2.45, 2.75) is 12.5 Å². The number of aromatic nitrogens is 2. The Bertz CT molecular complexity index is 339. The van der Waals surface area contributed by atoms with Crippen LogP contribution in [0.5, 0.6) is 5.75 Å². The van der Waals surface area contributed by atoms with Gasteiger partial charge in [-0.25, -0.2) is 9.97 Å². The van der Waals surface area contributed by atoms with Gasteiger partial charge in [-0.05, 0) is 6.42 Å². The largest absolute Gasteiger partial charge is 0.490 e. The molecule has 2 heterocycles. The fourth-order valence-electron chi connectivity index (χ4n) is 1.53. The molecule has 0 radical (unpaired) electrons. The molecule has 1 aliphatic heterocycles. The minimum Gasteiger partial charge on any atom is -0.490 e. The average Bonchev–Trinajstić information content (AvgIpc) is 2.71. The van der Waals surface area contributed by atoms with Crippen molar-refractivity contribution in [2.24, 2.45) is 0 Å². The number of rotatable bonds is 3. The second kappa shape index (κ2) is 4.31. The summed E-state index contributed by atoms with van der Waals surface area (Å²) in [7, 11) is 1.55. The summed E-state index contributed by atoms with van der Waals surface area (Å²) in [6, 6.07) is 0.271. The molecule has 0 aliphatic carbocycles. The number of nitrogens with zero attached hydrogens (tertiary/aromatic N) is 2. The highest BCUT2D eigenvalue weighted by Crippen LogP contribution is 2.27. The topological polar surface area (TPSA) is 82.3 Å². The fourth-order valence-corrected chi connectivity index (χ4v) is 1.53. The fraction of sp³-hybridized carbons (Fsp3) is 0.556. The second-order valence-corrected chi connectivity index (χ2v) is 3.35. The predicted molar refractivity (Wildman–Crippen MR) is 55.8 cm³/mol. The van der Waals surface area contributed by atoms with Crippen molar-refractivity contribution in [1.82, 2.24) is 9.97 Å². The SMILES string of the molecule is COc1c(N)ncnc1NC1CCOC1. The zero-order valence-corrected chi connectivity index (χ0v) is 8.56. The van der Waals surface area contributed by atoms with E-state index >= 15 is 0 Å². The summed E-state index contributed by atoms with van der Waals surface area (Å²) < 4.78 is 10.4. The first-order valence-corrected chi connectivity index (χ1v) is 4.80. The van der Waals surface area contributed by atoms with Gasteiger partial charge in [0.15, 0.2) is 11.6 Å². The first-order chi connectivity index (χ1) is 7.31. The number of nitrogens with one attached hydrogen (secondary N) is 1. The van der Waals surface area contributed by atoms with E-state index in [2.05, 4.69) is 15.3 Å². The van der Waals surface area contributed by atoms with E-state index in [-0.39, 0.29) is 6.04 Å². The van der Waals surface area contributed by atoms with Gasteiger partial charge in [0.05, 0.1) is 19.8 Å². The predicted octanol–water partition coefficient (Wildman–Crippen LogP) is 0.268. The molecular weight excluding hydrogens is 196 g/mol. The molecule has 1 unspecified atom stereocenters. The summed E-state index contributed by atoms with van der Waals surface area (Å²) in [6.45, 7) is 1.47. The van der Waals surface area contributed by atoms with Crippen LogP contribution in [0.25, 0.3) is 0 Å². The smallest absolute Gasteiger partial charge is 0.203 e. The van der Waals surface area contributed by atoms with Crippen LogP contribution in [0.2, 0.25) is 0 Å². The molecule has 0 bridgehead atoms. The van der Waals surface area contributed by atoms with Gasteiger partial charge in [0, 0.05) is 6.61 Å². The van der Waals surface area contributed by atoms with Crippen LogP contribution in [0.1, 0.15) is 6.42 Å². The Kier molecular flexibility index (Phi) is 2.86. The summed E-state index contributed by atoms with van der Waals surface area (Å²) in [5.74, 6) is 1.46. The Morgan fingerprint density at radius 1 is 1.60 bits per heavy atom. The molecule has 1 aromatic heterocycles. The van der Waals surface area contributed by atoms with Crippen molar-refractivity contribution >= 4 is 11.6 Å². The van der Waals surface area contributed by atoms with E-state index in [0.717, 1.165) is 13.0 Å². The highest BCUT2D eigenvalue weighted by atomic mass is 16.5. The highest BCUT2D eigenvalue weighted by molar-refractivity contribution is 5.61. The molecule has 0 amide bonds. The van der Waals surface area contributed by atoms with E-state index in [4.69, 9.17) is 15.2 Å². The standard InChI is InChI=1S/C9H14N4O2/c1-14-7-8(10)11-5-12-9(7)13-6-2-3-15-4-6/h5-6H,2-4H2,1H3,(H3,10,11,12,13). The quantitative estimate of drug-likeness (QED) is 0.745. The van der Waals surface area contributed by atoms with Crippen molar-refractivity contribution in [3.8, 4) is 5.75 Å². The molecule has 1 fully saturated rings. The number of nitrogen functional groups attached to an aromatic ring is 1. The molecule has 3 N–H and O–H groups in total. The average molecular weight is 210 g/mol. The Labute approximate surface area is 87.8 Å². The van der Waals surface area contributed by atoms with Gasteiger partial charge in [0.25, 0.3) is 0 Å². The zero-order valence-electron chi connectivity index (χ0n) is 8.56. The molecule has 6 heteroatoms. The third-order valence-electron chi connectivity index (χ3n) is 2.31. The van der Waals surface area contributed by atoms with Crippen molar-refractivity contribution in [3.63, 3.8) is 0 Å². The Balaban J connectivity index is 2.15. The molecule has 0 aromatic carbocycles. The number of hydrogen-bond donors (Lipinski definition) is 2. The first-order valence-electron chi connectivity index (χ1n) is 4.80. The lowest BCUT2D eigenvalue weighted by Crippen LogP contribution is -2.20. The minimum atomic E-state index is 0.271. The Morgan fingerprint density at radius 2 is 2.47 bits per heavy atom. The lowest BCUT2D eigenvalue weighted by Gasteiger charge is -2.14. The number of anilines is 2. The van der Waals surface area contributed by atoms with Gasteiger partial charge < -0.3 is 20.5 Å². The van der Waals surface area contributed by atoms with Gasteiger partial charge in [-0.2, -0.15) is 0 Å². The summed E-state index contributed by atoms with van der Waals surface area (Å²) >= 11 is 0. The second-order valence-electron chi connectivity index (χ2n) is 3.35. The molecule has 82 valence electrons. The minimum absolute atomic E-state index is 0.271. The molecule has 6 nitrogen and oxygen atoms in total. The number of hydrogen-bond acceptors (Lipinski definition) is 6. The van der Waals surface area contributed by atoms with Crippen LogP contribution in [-0.4, -0.2) is 36.3 Å². The van der Waals surface area contributed by atoms with Crippen molar-refractivity contribution in [1.29, 1.82) is 0 Å².